The Morgan fingerprint density at radius 2 is 0.622 bits per heavy atom. The Labute approximate surface area is 235 Å². The van der Waals surface area contributed by atoms with Crippen LogP contribution in [0, 0.1) is 6.42 Å². The van der Waals surface area contributed by atoms with E-state index in [-0.39, 0.29) is 0 Å². The maximum atomic E-state index is 3.66. The van der Waals surface area contributed by atoms with E-state index in [0.29, 0.717) is 0 Å². The van der Waals surface area contributed by atoms with Crippen LogP contribution in [0.2, 0.25) is 0 Å². The van der Waals surface area contributed by atoms with Crippen LogP contribution in [0.1, 0.15) is 181 Å². The van der Waals surface area contributed by atoms with Gasteiger partial charge in [0.05, 0.1) is 0 Å². The summed E-state index contributed by atoms with van der Waals surface area (Å²) < 4.78 is 0. The summed E-state index contributed by atoms with van der Waals surface area (Å²) in [5.74, 6) is 0. The molecule has 0 heteroatoms. The van der Waals surface area contributed by atoms with Crippen LogP contribution in [0.4, 0.5) is 0 Å². The lowest BCUT2D eigenvalue weighted by molar-refractivity contribution is 0.573. The highest BCUT2D eigenvalue weighted by Gasteiger charge is 1.95. The lowest BCUT2D eigenvalue weighted by Crippen LogP contribution is -1.84. The van der Waals surface area contributed by atoms with Gasteiger partial charge in [0.15, 0.2) is 0 Å². The fourth-order valence-corrected chi connectivity index (χ4v) is 4.60. The molecule has 0 unspecified atom stereocenters. The van der Waals surface area contributed by atoms with E-state index >= 15 is 0 Å². The normalized spacial score (nSPS) is 12.4. The molecule has 37 heavy (non-hydrogen) atoms. The molecule has 0 amide bonds. The zero-order valence-corrected chi connectivity index (χ0v) is 25.5. The van der Waals surface area contributed by atoms with E-state index in [0.717, 1.165) is 12.8 Å². The molecule has 0 nitrogen and oxygen atoms in total. The average molecular weight is 511 g/mol. The van der Waals surface area contributed by atoms with Crippen molar-refractivity contribution in [1.82, 2.24) is 0 Å². The monoisotopic (exact) mass is 511 g/mol. The first-order chi connectivity index (χ1) is 18.4. The Hall–Kier alpha value is -1.04. The zero-order chi connectivity index (χ0) is 26.7. The minimum absolute atomic E-state index is 1.12. The fraction of sp³-hybridized carbons (Fsp3) is 0.757. The second-order valence-corrected chi connectivity index (χ2v) is 10.9. The molecule has 0 saturated carbocycles. The third-order valence-electron chi connectivity index (χ3n) is 7.11. The summed E-state index contributed by atoms with van der Waals surface area (Å²) in [6.07, 6.45) is 57.0. The van der Waals surface area contributed by atoms with Crippen molar-refractivity contribution in [3.8, 4) is 0 Å². The van der Waals surface area contributed by atoms with Crippen LogP contribution in [0.25, 0.3) is 0 Å². The molecule has 0 fully saturated rings. The molecule has 0 rings (SSSR count). The maximum Gasteiger partial charge on any atom is -0.0169 e. The summed E-state index contributed by atoms with van der Waals surface area (Å²) >= 11 is 0. The largest absolute Gasteiger partial charge is 0.0882 e. The van der Waals surface area contributed by atoms with Crippen LogP contribution >= 0.6 is 0 Å². The van der Waals surface area contributed by atoms with Gasteiger partial charge >= 0.3 is 0 Å². The molecule has 0 aliphatic carbocycles. The van der Waals surface area contributed by atoms with Gasteiger partial charge in [0.1, 0.15) is 0 Å². The van der Waals surface area contributed by atoms with Gasteiger partial charge in [-0.1, -0.05) is 152 Å². The summed E-state index contributed by atoms with van der Waals surface area (Å²) in [6.45, 7) is 4.54. The number of hydrogen-bond acceptors (Lipinski definition) is 0. The molecular weight excluding hydrogens is 444 g/mol. The van der Waals surface area contributed by atoms with Crippen LogP contribution in [0.3, 0.4) is 0 Å². The Balaban J connectivity index is 3.16. The van der Waals surface area contributed by atoms with Gasteiger partial charge in [-0.15, -0.1) is 0 Å². The van der Waals surface area contributed by atoms with Crippen molar-refractivity contribution < 1.29 is 0 Å². The molecule has 2 radical (unpaired) electrons. The molecule has 0 heterocycles. The Kier molecular flexibility index (Phi) is 34.0. The molecular formula is C37H66. The van der Waals surface area contributed by atoms with Crippen molar-refractivity contribution in [1.29, 1.82) is 0 Å². The van der Waals surface area contributed by atoms with Crippen molar-refractivity contribution in [2.45, 2.75) is 181 Å². The molecule has 0 bridgehead atoms. The van der Waals surface area contributed by atoms with Crippen molar-refractivity contribution in [2.24, 2.45) is 0 Å². The minimum Gasteiger partial charge on any atom is -0.0882 e. The first kappa shape index (κ1) is 36.0. The average Bonchev–Trinajstić information content (AvgIpc) is 2.91. The standard InChI is InChI=1S/C37H66/c1-3-5-7-9-11-13-15-17-19-21-23-25-27-29-31-33-35-37-36-34-32-30-28-26-24-22-20-18-16-14-12-10-8-6-4-2/h11-14,17-20H,3-10,15-16,21-36H2,1-2H3/b13-11-,14-12-,19-17-,20-18-. The Morgan fingerprint density at radius 3 is 0.973 bits per heavy atom. The number of rotatable bonds is 30. The summed E-state index contributed by atoms with van der Waals surface area (Å²) in [5.41, 5.74) is 0. The number of allylic oxidation sites excluding steroid dienone is 8. The predicted octanol–water partition coefficient (Wildman–Crippen LogP) is 13.5. The summed E-state index contributed by atoms with van der Waals surface area (Å²) in [5, 5.41) is 0. The first-order valence-corrected chi connectivity index (χ1v) is 16.7. The van der Waals surface area contributed by atoms with Gasteiger partial charge in [0.2, 0.25) is 0 Å². The van der Waals surface area contributed by atoms with E-state index in [1.54, 1.807) is 0 Å². The smallest absolute Gasteiger partial charge is 0.0169 e. The molecule has 0 aliphatic rings. The third kappa shape index (κ3) is 35.0. The van der Waals surface area contributed by atoms with E-state index in [4.69, 9.17) is 0 Å². The second kappa shape index (κ2) is 35.0. The minimum atomic E-state index is 1.12. The van der Waals surface area contributed by atoms with E-state index in [1.165, 1.54) is 154 Å². The van der Waals surface area contributed by atoms with E-state index in [9.17, 15) is 0 Å². The lowest BCUT2D eigenvalue weighted by Gasteiger charge is -2.03. The molecule has 0 aromatic carbocycles. The van der Waals surface area contributed by atoms with Gasteiger partial charge in [0, 0.05) is 0 Å². The summed E-state index contributed by atoms with van der Waals surface area (Å²) in [6, 6.07) is 0. The Bertz CT molecular complexity index is 460. The zero-order valence-electron chi connectivity index (χ0n) is 25.5. The van der Waals surface area contributed by atoms with Gasteiger partial charge < -0.3 is 0 Å². The molecule has 0 spiro atoms. The summed E-state index contributed by atoms with van der Waals surface area (Å²) in [4.78, 5) is 0. The maximum absolute atomic E-state index is 3.66. The van der Waals surface area contributed by atoms with Crippen molar-refractivity contribution in [3.05, 3.63) is 55.0 Å². The summed E-state index contributed by atoms with van der Waals surface area (Å²) in [7, 11) is 0. The van der Waals surface area contributed by atoms with Crippen molar-refractivity contribution >= 4 is 0 Å². The van der Waals surface area contributed by atoms with Crippen LogP contribution in [-0.2, 0) is 0 Å². The van der Waals surface area contributed by atoms with E-state index in [1.807, 2.05) is 0 Å². The van der Waals surface area contributed by atoms with E-state index in [2.05, 4.69) is 68.9 Å². The quantitative estimate of drug-likeness (QED) is 0.0665. The van der Waals surface area contributed by atoms with Gasteiger partial charge in [-0.05, 0) is 83.5 Å². The van der Waals surface area contributed by atoms with Crippen LogP contribution in [0.5, 0.6) is 0 Å². The molecule has 0 aromatic heterocycles. The highest BCUT2D eigenvalue weighted by Crippen LogP contribution is 2.14. The highest BCUT2D eigenvalue weighted by molar-refractivity contribution is 4.93. The topological polar surface area (TPSA) is 0 Å². The van der Waals surface area contributed by atoms with Gasteiger partial charge in [-0.3, -0.25) is 0 Å². The van der Waals surface area contributed by atoms with Crippen LogP contribution in [0.15, 0.2) is 48.6 Å². The SMILES string of the molecule is CCCCC/C=C\C/C=C\CCCCCCCC[C]CCCCCCCC/C=C\C/C=C\CCCCC. The molecule has 0 aromatic rings. The fourth-order valence-electron chi connectivity index (χ4n) is 4.60. The Morgan fingerprint density at radius 1 is 0.324 bits per heavy atom. The molecule has 0 N–H and O–H groups in total. The highest BCUT2D eigenvalue weighted by atomic mass is 14.0. The third-order valence-corrected chi connectivity index (χ3v) is 7.11. The first-order valence-electron chi connectivity index (χ1n) is 16.7. The van der Waals surface area contributed by atoms with Crippen LogP contribution in [-0.4, -0.2) is 0 Å². The van der Waals surface area contributed by atoms with Crippen LogP contribution < -0.4 is 0 Å². The lowest BCUT2D eigenvalue weighted by atomic mass is 10.0. The second-order valence-electron chi connectivity index (χ2n) is 10.9. The van der Waals surface area contributed by atoms with Gasteiger partial charge in [-0.2, -0.15) is 0 Å². The number of unbranched alkanes of at least 4 members (excludes halogenated alkanes) is 22. The predicted molar refractivity (Wildman–Crippen MR) is 171 cm³/mol. The van der Waals surface area contributed by atoms with Crippen molar-refractivity contribution in [3.63, 3.8) is 0 Å². The van der Waals surface area contributed by atoms with Gasteiger partial charge in [-0.25, -0.2) is 0 Å². The number of hydrogen-bond donors (Lipinski definition) is 0. The van der Waals surface area contributed by atoms with Gasteiger partial charge in [0.25, 0.3) is 0 Å². The van der Waals surface area contributed by atoms with E-state index < -0.39 is 0 Å². The molecule has 0 atom stereocenters. The molecule has 0 saturated heterocycles. The molecule has 0 aliphatic heterocycles. The molecule has 214 valence electrons. The van der Waals surface area contributed by atoms with Crippen molar-refractivity contribution in [2.75, 3.05) is 0 Å².